The van der Waals surface area contributed by atoms with Gasteiger partial charge in [-0.15, -0.1) is 6.42 Å². The van der Waals surface area contributed by atoms with Crippen molar-refractivity contribution in [1.82, 2.24) is 0 Å². The number of rotatable bonds is 22. The zero-order chi connectivity index (χ0) is 52.2. The molecule has 3 fully saturated rings. The van der Waals surface area contributed by atoms with Crippen molar-refractivity contribution in [2.75, 3.05) is 40.6 Å². The second-order valence-corrected chi connectivity index (χ2v) is 17.4. The normalized spacial score (nSPS) is 20.9. The van der Waals surface area contributed by atoms with Gasteiger partial charge in [0.05, 0.1) is 69.5 Å². The second-order valence-electron chi connectivity index (χ2n) is 17.4. The van der Waals surface area contributed by atoms with Gasteiger partial charge in [-0.25, -0.2) is 14.4 Å². The van der Waals surface area contributed by atoms with Crippen molar-refractivity contribution < 1.29 is 95.6 Å². The van der Waals surface area contributed by atoms with Crippen molar-refractivity contribution >= 4 is 53.7 Å². The minimum absolute atomic E-state index is 0.00496. The number of hydrogen-bond donors (Lipinski definition) is 1. The molecule has 5 rings (SSSR count). The number of aliphatic hydroxyl groups excluding tert-OH is 1. The van der Waals surface area contributed by atoms with E-state index in [1.807, 2.05) is 5.92 Å². The molecule has 2 aromatic carbocycles. The number of terminal acetylenes is 1. The van der Waals surface area contributed by atoms with Crippen molar-refractivity contribution in [2.24, 2.45) is 35.5 Å². The van der Waals surface area contributed by atoms with Crippen LogP contribution in [0, 0.1) is 47.9 Å². The number of methoxy groups -OCH3 is 2. The molecule has 0 spiro atoms. The Morgan fingerprint density at radius 1 is 0.542 bits per heavy atom. The Balaban J connectivity index is 1.06. The zero-order valence-corrected chi connectivity index (χ0v) is 40.3. The molecule has 1 N–H and O–H groups in total. The van der Waals surface area contributed by atoms with Gasteiger partial charge in [0.25, 0.3) is 0 Å². The van der Waals surface area contributed by atoms with Gasteiger partial charge in [-0.1, -0.05) is 6.58 Å². The lowest BCUT2D eigenvalue weighted by Gasteiger charge is -2.26. The Hall–Kier alpha value is -7.11. The molecule has 2 aromatic rings. The molecular weight excluding hydrogens is 945 g/mol. The average Bonchev–Trinajstić information content (AvgIpc) is 3.40. The molecule has 3 aliphatic carbocycles. The number of benzene rings is 2. The number of unbranched alkanes of at least 4 members (excludes halogenated alkanes) is 1. The number of esters is 9. The predicted molar refractivity (Wildman–Crippen MR) is 248 cm³/mol. The fourth-order valence-corrected chi connectivity index (χ4v) is 8.54. The minimum Gasteiger partial charge on any atom is -0.465 e. The van der Waals surface area contributed by atoms with Crippen molar-refractivity contribution in [2.45, 2.75) is 96.2 Å². The lowest BCUT2D eigenvalue weighted by Crippen LogP contribution is -2.31. The summed E-state index contributed by atoms with van der Waals surface area (Å²) in [7, 11) is 2.28. The lowest BCUT2D eigenvalue weighted by atomic mass is 9.82. The summed E-state index contributed by atoms with van der Waals surface area (Å²) < 4.78 is 52.6. The van der Waals surface area contributed by atoms with E-state index in [1.54, 1.807) is 0 Å². The minimum atomic E-state index is -1.16. The highest BCUT2D eigenvalue weighted by atomic mass is 16.6. The summed E-state index contributed by atoms with van der Waals surface area (Å²) in [4.78, 5) is 115. The highest BCUT2D eigenvalue weighted by Crippen LogP contribution is 2.36. The van der Waals surface area contributed by atoms with E-state index in [0.717, 1.165) is 14.2 Å². The topological polar surface area (TPSA) is 266 Å². The molecule has 3 aliphatic rings. The Kier molecular flexibility index (Phi) is 21.8. The Morgan fingerprint density at radius 2 is 0.889 bits per heavy atom. The van der Waals surface area contributed by atoms with E-state index < -0.39 is 83.6 Å². The van der Waals surface area contributed by atoms with E-state index in [2.05, 4.69) is 6.58 Å². The van der Waals surface area contributed by atoms with Crippen LogP contribution in [0.1, 0.15) is 111 Å². The van der Waals surface area contributed by atoms with Gasteiger partial charge < -0.3 is 52.5 Å². The number of ether oxygens (including phenoxy) is 10. The quantitative estimate of drug-likeness (QED) is 0.0221. The smallest absolute Gasteiger partial charge is 0.384 e. The Bertz CT molecular complexity index is 2320. The van der Waals surface area contributed by atoms with Crippen LogP contribution in [0.5, 0.6) is 23.0 Å². The average molecular weight is 1010 g/mol. The first kappa shape index (κ1) is 55.8. The number of carbonyl (C=O) groups is 9. The standard InChI is InChI=1S/C52H60O20/c1-5-43(53)65-25-7-8-26-67-45(55)31-9-13-33(14-10-31)47(57)69-37-21-23-41(39(29-37)51(61)63-3)71-49(59)35-17-19-36(20-18-35)50(60)72-42-24-22-38(30-40(42)52(62)64-4)70-48(58)34-15-11-32(12-16-34)46(56)68-28-27-66-44(54)6-2/h1,6,21-24,29-36,44,54H,2,7-20,25-28H2,3-4H3. The maximum absolute atomic E-state index is 13.4. The van der Waals surface area contributed by atoms with Gasteiger partial charge in [0.15, 0.2) is 6.29 Å². The van der Waals surface area contributed by atoms with Crippen LogP contribution >= 0.6 is 0 Å². The molecule has 388 valence electrons. The Labute approximate surface area is 416 Å². The molecule has 0 amide bonds. The molecular formula is C52H60O20. The van der Waals surface area contributed by atoms with E-state index in [1.165, 1.54) is 42.5 Å². The summed E-state index contributed by atoms with van der Waals surface area (Å²) in [6.45, 7) is 3.62. The maximum atomic E-state index is 13.4. The van der Waals surface area contributed by atoms with E-state index >= 15 is 0 Å². The van der Waals surface area contributed by atoms with Gasteiger partial charge in [-0.05, 0) is 132 Å². The first-order chi connectivity index (χ1) is 34.6. The van der Waals surface area contributed by atoms with Crippen LogP contribution in [0.15, 0.2) is 49.1 Å². The largest absolute Gasteiger partial charge is 0.465 e. The second kappa shape index (κ2) is 28.1. The van der Waals surface area contributed by atoms with Crippen molar-refractivity contribution in [3.05, 3.63) is 60.2 Å². The molecule has 0 radical (unpaired) electrons. The van der Waals surface area contributed by atoms with Gasteiger partial charge in [0.2, 0.25) is 0 Å². The summed E-state index contributed by atoms with van der Waals surface area (Å²) in [5.41, 5.74) is -0.327. The van der Waals surface area contributed by atoms with Crippen LogP contribution in [0.3, 0.4) is 0 Å². The molecule has 1 unspecified atom stereocenters. The van der Waals surface area contributed by atoms with Crippen LogP contribution < -0.4 is 18.9 Å². The predicted octanol–water partition coefficient (Wildman–Crippen LogP) is 5.56. The third kappa shape index (κ3) is 16.5. The maximum Gasteiger partial charge on any atom is 0.384 e. The molecule has 0 bridgehead atoms. The third-order valence-electron chi connectivity index (χ3n) is 12.7. The van der Waals surface area contributed by atoms with E-state index in [-0.39, 0.29) is 98.1 Å². The Morgan fingerprint density at radius 3 is 1.25 bits per heavy atom. The lowest BCUT2D eigenvalue weighted by molar-refractivity contribution is -0.155. The summed E-state index contributed by atoms with van der Waals surface area (Å²) in [6, 6.07) is 7.86. The van der Waals surface area contributed by atoms with E-state index in [9.17, 15) is 48.3 Å². The number of carbonyl (C=O) groups excluding carboxylic acids is 9. The monoisotopic (exact) mass is 1000 g/mol. The number of aliphatic hydroxyl groups is 1. The van der Waals surface area contributed by atoms with Gasteiger partial charge in [0.1, 0.15) is 40.7 Å². The highest BCUT2D eigenvalue weighted by molar-refractivity contribution is 5.95. The SMILES string of the molecule is C#CC(=O)OCCCCOC(=O)C1CCC(C(=O)Oc2ccc(OC(=O)C3CCC(C(=O)Oc4ccc(OC(=O)C5CCC(C(=O)OCCOC(O)C=C)CC5)cc4C(=O)OC)CC3)c(C(=O)OC)c2)CC1. The van der Waals surface area contributed by atoms with Crippen LogP contribution in [0.4, 0.5) is 0 Å². The van der Waals surface area contributed by atoms with Gasteiger partial charge >= 0.3 is 53.7 Å². The first-order valence-corrected chi connectivity index (χ1v) is 23.8. The highest BCUT2D eigenvalue weighted by Gasteiger charge is 2.36. The van der Waals surface area contributed by atoms with Crippen LogP contribution in [0.2, 0.25) is 0 Å². The van der Waals surface area contributed by atoms with E-state index in [0.29, 0.717) is 64.2 Å². The number of hydrogen-bond acceptors (Lipinski definition) is 20. The zero-order valence-electron chi connectivity index (χ0n) is 40.3. The van der Waals surface area contributed by atoms with Crippen molar-refractivity contribution in [3.63, 3.8) is 0 Å². The van der Waals surface area contributed by atoms with Gasteiger partial charge in [0, 0.05) is 5.92 Å². The molecule has 3 saturated carbocycles. The summed E-state index contributed by atoms with van der Waals surface area (Å²) in [5.74, 6) is -7.18. The van der Waals surface area contributed by atoms with Crippen molar-refractivity contribution in [3.8, 4) is 35.3 Å². The molecule has 0 saturated heterocycles. The fourth-order valence-electron chi connectivity index (χ4n) is 8.54. The van der Waals surface area contributed by atoms with E-state index in [4.69, 9.17) is 53.8 Å². The van der Waals surface area contributed by atoms with Crippen LogP contribution in [0.25, 0.3) is 0 Å². The summed E-state index contributed by atoms with van der Waals surface area (Å²) >= 11 is 0. The fraction of sp³-hybridized carbons (Fsp3) is 0.519. The molecule has 0 aliphatic heterocycles. The van der Waals surface area contributed by atoms with Gasteiger partial charge in [-0.2, -0.15) is 0 Å². The molecule has 0 aromatic heterocycles. The van der Waals surface area contributed by atoms with Gasteiger partial charge in [-0.3, -0.25) is 28.8 Å². The van der Waals surface area contributed by atoms with Crippen LogP contribution in [-0.2, 0) is 62.0 Å². The third-order valence-corrected chi connectivity index (χ3v) is 12.7. The molecule has 20 nitrogen and oxygen atoms in total. The van der Waals surface area contributed by atoms with Crippen LogP contribution in [-0.4, -0.2) is 106 Å². The molecule has 20 heteroatoms. The summed E-state index contributed by atoms with van der Waals surface area (Å²) in [5, 5.41) is 9.35. The first-order valence-electron chi connectivity index (χ1n) is 23.8. The van der Waals surface area contributed by atoms with Crippen molar-refractivity contribution in [1.29, 1.82) is 0 Å². The molecule has 72 heavy (non-hydrogen) atoms. The summed E-state index contributed by atoms with van der Waals surface area (Å²) in [6.07, 6.45) is 9.92. The molecule has 0 heterocycles. The molecule has 1 atom stereocenters.